The number of rotatable bonds is 7. The van der Waals surface area contributed by atoms with Gasteiger partial charge in [0.2, 0.25) is 0 Å². The zero-order valence-electron chi connectivity index (χ0n) is 22.8. The van der Waals surface area contributed by atoms with Crippen LogP contribution in [0.1, 0.15) is 68.9 Å². The average Bonchev–Trinajstić information content (AvgIpc) is 3.53. The van der Waals surface area contributed by atoms with E-state index in [1.165, 1.54) is 39.7 Å². The number of nitrogens with one attached hydrogen (secondary N) is 2. The lowest BCUT2D eigenvalue weighted by atomic mass is 9.90. The van der Waals surface area contributed by atoms with E-state index >= 15 is 0 Å². The Bertz CT molecular complexity index is 1560. The number of aromatic nitrogens is 5. The second kappa shape index (κ2) is 11.1. The van der Waals surface area contributed by atoms with Crippen LogP contribution in [0.5, 0.6) is 0 Å². The number of halogens is 2. The smallest absolute Gasteiger partial charge is 0.407 e. The molecule has 1 saturated carbocycles. The van der Waals surface area contributed by atoms with Gasteiger partial charge in [0.15, 0.2) is 5.65 Å². The van der Waals surface area contributed by atoms with Crippen molar-refractivity contribution in [1.82, 2.24) is 29.7 Å². The van der Waals surface area contributed by atoms with Gasteiger partial charge in [-0.3, -0.25) is 0 Å². The van der Waals surface area contributed by atoms with Crippen LogP contribution in [-0.4, -0.2) is 59.2 Å². The Morgan fingerprint density at radius 3 is 2.44 bits per heavy atom. The van der Waals surface area contributed by atoms with Crippen LogP contribution in [0.25, 0.3) is 22.6 Å². The maximum absolute atomic E-state index is 14.0. The molecule has 2 atom stereocenters. The second-order valence-corrected chi connectivity index (χ2v) is 11.0. The summed E-state index contributed by atoms with van der Waals surface area (Å²) in [5.74, 6) is -0.523. The summed E-state index contributed by atoms with van der Waals surface area (Å²) in [4.78, 5) is 28.1. The van der Waals surface area contributed by atoms with E-state index in [4.69, 9.17) is 9.84 Å². The molecule has 0 aliphatic heterocycles. The van der Waals surface area contributed by atoms with Crippen molar-refractivity contribution >= 4 is 23.5 Å². The fourth-order valence-corrected chi connectivity index (χ4v) is 4.85. The molecule has 4 aromatic rings. The highest BCUT2D eigenvalue weighted by Gasteiger charge is 2.29. The van der Waals surface area contributed by atoms with Gasteiger partial charge >= 0.3 is 12.1 Å². The van der Waals surface area contributed by atoms with E-state index in [9.17, 15) is 18.4 Å². The van der Waals surface area contributed by atoms with Gasteiger partial charge in [-0.1, -0.05) is 12.8 Å². The highest BCUT2D eigenvalue weighted by atomic mass is 19.3. The number of carbonyl (C=O) groups is 2. The molecule has 1 aliphatic rings. The normalized spacial score (nSPS) is 17.5. The number of carbonyl (C=O) groups excluding carboxylic acids is 1. The van der Waals surface area contributed by atoms with Crippen molar-refractivity contribution in [2.45, 2.75) is 70.6 Å². The number of carboxylic acid groups (broad SMARTS) is 1. The van der Waals surface area contributed by atoms with Gasteiger partial charge in [-0.2, -0.15) is 10.2 Å². The number of nitrogens with zero attached hydrogens (tertiary/aromatic N) is 5. The first-order valence-electron chi connectivity index (χ1n) is 13.3. The van der Waals surface area contributed by atoms with Crippen LogP contribution in [0.3, 0.4) is 0 Å². The summed E-state index contributed by atoms with van der Waals surface area (Å²) < 4.78 is 36.1. The number of fused-ring (bicyclic) bond motifs is 1. The lowest BCUT2D eigenvalue weighted by molar-refractivity contribution is 0.0488. The highest BCUT2D eigenvalue weighted by Crippen LogP contribution is 2.31. The molecule has 1 aliphatic carbocycles. The van der Waals surface area contributed by atoms with Gasteiger partial charge in [0.25, 0.3) is 6.43 Å². The average molecular weight is 568 g/mol. The Kier molecular flexibility index (Phi) is 7.61. The SMILES string of the molecule is CC(C)(C)OC(=O)NC1CCCCC1Nc1ccn2nc(-c3cn(-c4ccc(C(=O)O)cc4)nc3C(F)F)cc2n1. The zero-order chi connectivity index (χ0) is 29.3. The van der Waals surface area contributed by atoms with E-state index in [0.29, 0.717) is 17.2 Å². The lowest BCUT2D eigenvalue weighted by Gasteiger charge is -2.33. The summed E-state index contributed by atoms with van der Waals surface area (Å²) in [5, 5.41) is 24.0. The van der Waals surface area contributed by atoms with E-state index in [0.717, 1.165) is 25.7 Å². The summed E-state index contributed by atoms with van der Waals surface area (Å²) >= 11 is 0. The van der Waals surface area contributed by atoms with E-state index in [1.54, 1.807) is 18.3 Å². The molecule has 2 unspecified atom stereocenters. The van der Waals surface area contributed by atoms with Crippen molar-refractivity contribution in [3.63, 3.8) is 0 Å². The third-order valence-corrected chi connectivity index (χ3v) is 6.73. The quantitative estimate of drug-likeness (QED) is 0.268. The summed E-state index contributed by atoms with van der Waals surface area (Å²) in [6.07, 6.45) is 3.42. The van der Waals surface area contributed by atoms with Crippen molar-refractivity contribution in [3.05, 3.63) is 60.0 Å². The molecule has 1 fully saturated rings. The van der Waals surface area contributed by atoms with Gasteiger partial charge in [0.1, 0.15) is 17.1 Å². The summed E-state index contributed by atoms with van der Waals surface area (Å²) in [7, 11) is 0. The van der Waals surface area contributed by atoms with Crippen molar-refractivity contribution in [1.29, 1.82) is 0 Å². The van der Waals surface area contributed by atoms with Gasteiger partial charge in [0, 0.05) is 30.1 Å². The molecule has 1 aromatic carbocycles. The van der Waals surface area contributed by atoms with Crippen LogP contribution in [0.15, 0.2) is 48.8 Å². The molecule has 13 heteroatoms. The Labute approximate surface area is 234 Å². The highest BCUT2D eigenvalue weighted by molar-refractivity contribution is 5.87. The van der Waals surface area contributed by atoms with Gasteiger partial charge in [0.05, 0.1) is 23.0 Å². The number of benzene rings is 1. The van der Waals surface area contributed by atoms with Crippen molar-refractivity contribution in [2.75, 3.05) is 5.32 Å². The van der Waals surface area contributed by atoms with Crippen molar-refractivity contribution in [2.24, 2.45) is 0 Å². The molecule has 1 amide bonds. The molecule has 0 bridgehead atoms. The minimum atomic E-state index is -2.86. The largest absolute Gasteiger partial charge is 0.478 e. The Hall–Kier alpha value is -4.55. The molecule has 0 saturated heterocycles. The Morgan fingerprint density at radius 2 is 1.78 bits per heavy atom. The summed E-state index contributed by atoms with van der Waals surface area (Å²) in [6, 6.07) is 8.89. The Balaban J connectivity index is 1.38. The number of anilines is 1. The van der Waals surface area contributed by atoms with Crippen molar-refractivity contribution in [3.8, 4) is 16.9 Å². The van der Waals surface area contributed by atoms with Gasteiger partial charge < -0.3 is 20.5 Å². The maximum Gasteiger partial charge on any atom is 0.407 e. The first-order valence-corrected chi connectivity index (χ1v) is 13.3. The number of alkyl carbamates (subject to hydrolysis) is 1. The predicted molar refractivity (Wildman–Crippen MR) is 146 cm³/mol. The fourth-order valence-electron chi connectivity index (χ4n) is 4.85. The standard InChI is InChI=1S/C28H31F2N7O4/c1-28(2,3)41-27(40)32-20-7-5-4-6-19(20)31-22-12-13-36-23(33-22)14-21(34-36)18-15-37(35-24(18)25(29)30)17-10-8-16(9-11-17)26(38)39/h8-15,19-20,25H,4-7H2,1-3H3,(H,31,33)(H,32,40)(H,38,39). The molecule has 11 nitrogen and oxygen atoms in total. The first-order chi connectivity index (χ1) is 19.5. The van der Waals surface area contributed by atoms with Gasteiger partial charge in [-0.05, 0) is 63.9 Å². The topological polar surface area (TPSA) is 136 Å². The minimum Gasteiger partial charge on any atom is -0.478 e. The van der Waals surface area contributed by atoms with E-state index < -0.39 is 29.8 Å². The van der Waals surface area contributed by atoms with E-state index in [2.05, 4.69) is 25.8 Å². The van der Waals surface area contributed by atoms with Crippen molar-refractivity contribution < 1.29 is 28.2 Å². The van der Waals surface area contributed by atoms with Crippen LogP contribution >= 0.6 is 0 Å². The van der Waals surface area contributed by atoms with Gasteiger partial charge in [-0.15, -0.1) is 0 Å². The first kappa shape index (κ1) is 28.0. The van der Waals surface area contributed by atoms with E-state index in [-0.39, 0.29) is 28.9 Å². The fraction of sp³-hybridized carbons (Fsp3) is 0.393. The third kappa shape index (κ3) is 6.44. The molecule has 3 aromatic heterocycles. The number of hydrogen-bond acceptors (Lipinski definition) is 7. The van der Waals surface area contributed by atoms with Crippen LogP contribution < -0.4 is 10.6 Å². The third-order valence-electron chi connectivity index (χ3n) is 6.73. The number of alkyl halides is 2. The number of ether oxygens (including phenoxy) is 1. The number of hydrogen-bond donors (Lipinski definition) is 3. The monoisotopic (exact) mass is 567 g/mol. The van der Waals surface area contributed by atoms with Crippen LogP contribution in [0, 0.1) is 0 Å². The van der Waals surface area contributed by atoms with Crippen LogP contribution in [0.4, 0.5) is 19.4 Å². The van der Waals surface area contributed by atoms with Gasteiger partial charge in [-0.25, -0.2) is 32.6 Å². The molecule has 3 heterocycles. The molecule has 0 spiro atoms. The molecule has 5 rings (SSSR count). The summed E-state index contributed by atoms with van der Waals surface area (Å²) in [6.45, 7) is 5.45. The van der Waals surface area contributed by atoms with Crippen LogP contribution in [-0.2, 0) is 4.74 Å². The molecular formula is C28H31F2N7O4. The maximum atomic E-state index is 14.0. The number of carboxylic acids is 1. The Morgan fingerprint density at radius 1 is 1.07 bits per heavy atom. The second-order valence-electron chi connectivity index (χ2n) is 11.0. The molecule has 0 radical (unpaired) electrons. The van der Waals surface area contributed by atoms with E-state index in [1.807, 2.05) is 20.8 Å². The molecule has 216 valence electrons. The zero-order valence-corrected chi connectivity index (χ0v) is 22.8. The lowest BCUT2D eigenvalue weighted by Crippen LogP contribution is -2.49. The molecule has 3 N–H and O–H groups in total. The number of amides is 1. The molecule has 41 heavy (non-hydrogen) atoms. The molecular weight excluding hydrogens is 536 g/mol. The predicted octanol–water partition coefficient (Wildman–Crippen LogP) is 5.47. The summed E-state index contributed by atoms with van der Waals surface area (Å²) in [5.41, 5.74) is 0.296. The minimum absolute atomic E-state index is 0.0650. The number of aromatic carboxylic acids is 1. The van der Waals surface area contributed by atoms with Crippen LogP contribution in [0.2, 0.25) is 0 Å².